The predicted molar refractivity (Wildman–Crippen MR) is 124 cm³/mol. The number of alkyl halides is 4. The molecule has 12 heteroatoms. The maximum absolute atomic E-state index is 14.2. The van der Waals surface area contributed by atoms with E-state index in [1.54, 1.807) is 0 Å². The molecule has 0 aliphatic carbocycles. The number of aliphatic hydroxyl groups excluding tert-OH is 1. The molecule has 1 atom stereocenters. The van der Waals surface area contributed by atoms with Crippen molar-refractivity contribution in [3.05, 3.63) is 71.2 Å². The van der Waals surface area contributed by atoms with Gasteiger partial charge in [0.05, 0.1) is 29.5 Å². The van der Waals surface area contributed by atoms with E-state index >= 15 is 0 Å². The van der Waals surface area contributed by atoms with Gasteiger partial charge in [0.1, 0.15) is 10.7 Å². The molecule has 35 heavy (non-hydrogen) atoms. The maximum atomic E-state index is 14.2. The van der Waals surface area contributed by atoms with E-state index in [9.17, 15) is 35.9 Å². The topological polar surface area (TPSA) is 88.4 Å². The fourth-order valence-corrected chi connectivity index (χ4v) is 4.68. The molecule has 0 aliphatic rings. The van der Waals surface area contributed by atoms with Crippen LogP contribution in [0.15, 0.2) is 53.6 Å². The molecule has 1 aromatic heterocycles. The highest BCUT2D eigenvalue weighted by Crippen LogP contribution is 2.40. The van der Waals surface area contributed by atoms with Crippen molar-refractivity contribution in [3.8, 4) is 11.3 Å². The molecule has 0 bridgehead atoms. The lowest BCUT2D eigenvalue weighted by molar-refractivity contribution is -0.137. The minimum Gasteiger partial charge on any atom is -0.394 e. The summed E-state index contributed by atoms with van der Waals surface area (Å²) >= 11 is 5.94. The number of amides is 1. The van der Waals surface area contributed by atoms with Crippen LogP contribution in [0, 0.1) is 12.7 Å². The predicted octanol–water partition coefficient (Wildman–Crippen LogP) is 5.05. The molecule has 0 aliphatic heterocycles. The van der Waals surface area contributed by atoms with Gasteiger partial charge in [0.25, 0.3) is 5.91 Å². The third-order valence-corrected chi connectivity index (χ3v) is 6.88. The molecule has 1 heterocycles. The van der Waals surface area contributed by atoms with Crippen molar-refractivity contribution in [3.63, 3.8) is 0 Å². The van der Waals surface area contributed by atoms with Crippen LogP contribution in [0.5, 0.6) is 0 Å². The van der Waals surface area contributed by atoms with Crippen LogP contribution in [0.4, 0.5) is 23.2 Å². The minimum absolute atomic E-state index is 0.0341. The summed E-state index contributed by atoms with van der Waals surface area (Å²) in [6.45, 7) is 0.946. The lowest BCUT2D eigenvalue weighted by Gasteiger charge is -2.20. The van der Waals surface area contributed by atoms with Gasteiger partial charge in [0.2, 0.25) is 0 Å². The number of hydrogen-bond donors (Lipinski definition) is 2. The zero-order valence-corrected chi connectivity index (χ0v) is 20.1. The third kappa shape index (κ3) is 5.52. The first kappa shape index (κ1) is 26.7. The van der Waals surface area contributed by atoms with E-state index in [1.807, 2.05) is 0 Å². The molecule has 6 nitrogen and oxygen atoms in total. The van der Waals surface area contributed by atoms with E-state index in [1.165, 1.54) is 42.0 Å². The summed E-state index contributed by atoms with van der Waals surface area (Å²) in [4.78, 5) is 12.5. The number of carbonyl (C=O) groups excluding carboxylic acids is 1. The Bertz CT molecular complexity index is 1370. The number of hydrogen-bond acceptors (Lipinski definition) is 4. The number of rotatable bonds is 7. The van der Waals surface area contributed by atoms with Gasteiger partial charge in [-0.3, -0.25) is 4.79 Å². The molecule has 188 valence electrons. The van der Waals surface area contributed by atoms with Crippen molar-refractivity contribution in [1.29, 1.82) is 0 Å². The zero-order valence-electron chi connectivity index (χ0n) is 18.5. The van der Waals surface area contributed by atoms with E-state index in [0.717, 1.165) is 24.5 Å². The summed E-state index contributed by atoms with van der Waals surface area (Å²) in [5.74, 6) is -1.99. The lowest BCUT2D eigenvalue weighted by atomic mass is 9.99. The van der Waals surface area contributed by atoms with Crippen molar-refractivity contribution >= 4 is 33.0 Å². The van der Waals surface area contributed by atoms with Gasteiger partial charge in [-0.15, -0.1) is 11.6 Å². The Morgan fingerprint density at radius 2 is 1.86 bits per heavy atom. The quantitative estimate of drug-likeness (QED) is 0.329. The fourth-order valence-electron chi connectivity index (χ4n) is 3.71. The van der Waals surface area contributed by atoms with Crippen LogP contribution in [0.2, 0.25) is 0 Å². The zero-order chi connectivity index (χ0) is 26.1. The van der Waals surface area contributed by atoms with Gasteiger partial charge in [-0.25, -0.2) is 12.8 Å². The number of aliphatic hydroxyl groups is 1. The van der Waals surface area contributed by atoms with Crippen LogP contribution < -0.4 is 5.32 Å². The van der Waals surface area contributed by atoms with E-state index < -0.39 is 50.8 Å². The molecular formula is C23H21ClF4N2O4S. The van der Waals surface area contributed by atoms with E-state index in [2.05, 4.69) is 5.32 Å². The smallest absolute Gasteiger partial charge is 0.394 e. The van der Waals surface area contributed by atoms with Gasteiger partial charge in [-0.1, -0.05) is 18.2 Å². The average molecular weight is 533 g/mol. The van der Waals surface area contributed by atoms with Crippen molar-refractivity contribution < 1.29 is 35.9 Å². The first-order chi connectivity index (χ1) is 16.3. The van der Waals surface area contributed by atoms with Crippen LogP contribution in [0.1, 0.15) is 27.5 Å². The van der Waals surface area contributed by atoms with Gasteiger partial charge in [-0.2, -0.15) is 13.2 Å². The second kappa shape index (κ2) is 10.00. The molecule has 1 amide bonds. The first-order valence-electron chi connectivity index (χ1n) is 10.1. The van der Waals surface area contributed by atoms with Gasteiger partial charge < -0.3 is 15.0 Å². The van der Waals surface area contributed by atoms with Crippen LogP contribution in [0.3, 0.4) is 0 Å². The summed E-state index contributed by atoms with van der Waals surface area (Å²) in [6, 6.07) is 7.01. The van der Waals surface area contributed by atoms with Crippen molar-refractivity contribution in [1.82, 2.24) is 4.57 Å². The molecule has 0 spiro atoms. The molecule has 2 aromatic carbocycles. The fraction of sp³-hybridized carbons (Fsp3) is 0.261. The molecule has 3 rings (SSSR count). The van der Waals surface area contributed by atoms with E-state index in [-0.39, 0.29) is 34.0 Å². The summed E-state index contributed by atoms with van der Waals surface area (Å²) in [7, 11) is -3.82. The summed E-state index contributed by atoms with van der Waals surface area (Å²) in [6.07, 6.45) is -2.57. The molecule has 0 radical (unpaired) electrons. The number of nitrogens with one attached hydrogen (secondary N) is 1. The van der Waals surface area contributed by atoms with Crippen LogP contribution in [0.25, 0.3) is 11.3 Å². The standard InChI is InChI=1S/C23H21ClF4N2O4S/c1-13-17(22(32)29-14-7-8-20(19(25)9-14)35(2,33)34)11-30(15(10-24)12-31)21(13)16-5-3-4-6-18(16)23(26,27)28/h3-9,11,15,31H,10,12H2,1-2H3,(H,29,32). The van der Waals surface area contributed by atoms with Crippen molar-refractivity contribution in [2.45, 2.75) is 24.0 Å². The number of benzene rings is 2. The Kier molecular flexibility index (Phi) is 7.63. The monoisotopic (exact) mass is 532 g/mol. The number of halogens is 5. The van der Waals surface area contributed by atoms with Gasteiger partial charge >= 0.3 is 6.18 Å². The highest BCUT2D eigenvalue weighted by Gasteiger charge is 2.35. The number of aromatic nitrogens is 1. The molecule has 3 aromatic rings. The molecule has 2 N–H and O–H groups in total. The van der Waals surface area contributed by atoms with Crippen LogP contribution in [-0.4, -0.2) is 42.7 Å². The largest absolute Gasteiger partial charge is 0.417 e. The van der Waals surface area contributed by atoms with Gasteiger partial charge in [-0.05, 0) is 36.8 Å². The van der Waals surface area contributed by atoms with Crippen molar-refractivity contribution in [2.24, 2.45) is 0 Å². The molecule has 0 saturated carbocycles. The second-order valence-corrected chi connectivity index (χ2v) is 10.1. The highest BCUT2D eigenvalue weighted by molar-refractivity contribution is 7.90. The Labute approximate surface area is 204 Å². The van der Waals surface area contributed by atoms with Crippen LogP contribution >= 0.6 is 11.6 Å². The lowest BCUT2D eigenvalue weighted by Crippen LogP contribution is -2.17. The molecule has 1 unspecified atom stereocenters. The number of nitrogens with zero attached hydrogens (tertiary/aromatic N) is 1. The van der Waals surface area contributed by atoms with Crippen LogP contribution in [-0.2, 0) is 16.0 Å². The van der Waals surface area contributed by atoms with E-state index in [0.29, 0.717) is 0 Å². The Morgan fingerprint density at radius 3 is 2.40 bits per heavy atom. The number of sulfone groups is 1. The molecule has 0 saturated heterocycles. The third-order valence-electron chi connectivity index (χ3n) is 5.39. The summed E-state index contributed by atoms with van der Waals surface area (Å²) < 4.78 is 79.9. The highest BCUT2D eigenvalue weighted by atomic mass is 35.5. The summed E-state index contributed by atoms with van der Waals surface area (Å²) in [5.41, 5.74) is -1.01. The minimum atomic E-state index is -4.69. The number of anilines is 1. The van der Waals surface area contributed by atoms with E-state index in [4.69, 9.17) is 11.6 Å². The van der Waals surface area contributed by atoms with Crippen molar-refractivity contribution in [2.75, 3.05) is 24.1 Å². The average Bonchev–Trinajstić information content (AvgIpc) is 3.10. The van der Waals surface area contributed by atoms with Gasteiger partial charge in [0, 0.05) is 29.6 Å². The van der Waals surface area contributed by atoms with Gasteiger partial charge in [0.15, 0.2) is 9.84 Å². The number of carbonyl (C=O) groups is 1. The molecular weight excluding hydrogens is 512 g/mol. The summed E-state index contributed by atoms with van der Waals surface area (Å²) in [5, 5.41) is 12.2. The Morgan fingerprint density at radius 1 is 1.20 bits per heavy atom. The normalized spacial score (nSPS) is 13.0. The molecule has 0 fully saturated rings. The maximum Gasteiger partial charge on any atom is 0.417 e. The SMILES string of the molecule is Cc1c(C(=O)Nc2ccc(S(C)(=O)=O)c(F)c2)cn(C(CO)CCl)c1-c1ccccc1C(F)(F)F. The first-order valence-corrected chi connectivity index (χ1v) is 12.6. The Balaban J connectivity index is 2.12. The Hall–Kier alpha value is -2.89. The second-order valence-electron chi connectivity index (χ2n) is 7.83.